The lowest BCUT2D eigenvalue weighted by molar-refractivity contribution is 0.362. The lowest BCUT2D eigenvalue weighted by Gasteiger charge is -2.24. The minimum atomic E-state index is 0.409. The van der Waals surface area contributed by atoms with Crippen molar-refractivity contribution in [2.75, 3.05) is 13.7 Å². The molecule has 1 saturated heterocycles. The van der Waals surface area contributed by atoms with Gasteiger partial charge in [0.15, 0.2) is 5.75 Å². The Hall–Kier alpha value is -1.03. The molecule has 4 heteroatoms. The fourth-order valence-electron chi connectivity index (χ4n) is 2.07. The molecule has 4 nitrogen and oxygen atoms in total. The highest BCUT2D eigenvalue weighted by Crippen LogP contribution is 2.29. The van der Waals surface area contributed by atoms with Crippen LogP contribution in [0.2, 0.25) is 0 Å². The van der Waals surface area contributed by atoms with Crippen molar-refractivity contribution in [1.82, 2.24) is 15.1 Å². The smallest absolute Gasteiger partial charge is 0.161 e. The first-order chi connectivity index (χ1) is 6.83. The Morgan fingerprint density at radius 1 is 1.57 bits per heavy atom. The van der Waals surface area contributed by atoms with Crippen LogP contribution >= 0.6 is 0 Å². The molecule has 78 valence electrons. The van der Waals surface area contributed by atoms with Crippen molar-refractivity contribution in [3.05, 3.63) is 11.9 Å². The highest BCUT2D eigenvalue weighted by atomic mass is 16.5. The van der Waals surface area contributed by atoms with Gasteiger partial charge in [-0.3, -0.25) is 4.68 Å². The largest absolute Gasteiger partial charge is 0.493 e. The van der Waals surface area contributed by atoms with Crippen LogP contribution in [0.15, 0.2) is 6.20 Å². The first-order valence-electron chi connectivity index (χ1n) is 5.12. The standard InChI is InChI=1S/C10H17N3O/c1-13-10(9(14-2)7-12-13)8-5-3-4-6-11-8/h7-8,11H,3-6H2,1-2H3. The fourth-order valence-corrected chi connectivity index (χ4v) is 2.07. The summed E-state index contributed by atoms with van der Waals surface area (Å²) < 4.78 is 7.20. The number of hydrogen-bond acceptors (Lipinski definition) is 3. The molecule has 0 spiro atoms. The van der Waals surface area contributed by atoms with E-state index in [0.29, 0.717) is 6.04 Å². The highest BCUT2D eigenvalue weighted by molar-refractivity contribution is 5.28. The topological polar surface area (TPSA) is 39.1 Å². The van der Waals surface area contributed by atoms with Gasteiger partial charge < -0.3 is 10.1 Å². The van der Waals surface area contributed by atoms with Gasteiger partial charge in [-0.05, 0) is 19.4 Å². The normalized spacial score (nSPS) is 22.3. The third kappa shape index (κ3) is 1.62. The Labute approximate surface area is 84.3 Å². The van der Waals surface area contributed by atoms with Crippen LogP contribution in [-0.4, -0.2) is 23.4 Å². The summed E-state index contributed by atoms with van der Waals surface area (Å²) in [5.41, 5.74) is 1.17. The Bertz CT molecular complexity index is 302. The van der Waals surface area contributed by atoms with Gasteiger partial charge in [-0.25, -0.2) is 0 Å². The third-order valence-electron chi connectivity index (χ3n) is 2.81. The average Bonchev–Trinajstić information content (AvgIpc) is 2.61. The maximum Gasteiger partial charge on any atom is 0.161 e. The van der Waals surface area contributed by atoms with Gasteiger partial charge in [-0.15, -0.1) is 0 Å². The summed E-state index contributed by atoms with van der Waals surface area (Å²) in [7, 11) is 3.66. The van der Waals surface area contributed by atoms with Crippen LogP contribution in [0, 0.1) is 0 Å². The number of nitrogens with zero attached hydrogens (tertiary/aromatic N) is 2. The lowest BCUT2D eigenvalue weighted by atomic mass is 10.0. The summed E-state index contributed by atoms with van der Waals surface area (Å²) in [6, 6.07) is 0.409. The second kappa shape index (κ2) is 4.00. The first kappa shape index (κ1) is 9.52. The molecule has 1 aromatic rings. The van der Waals surface area contributed by atoms with Gasteiger partial charge in [-0.2, -0.15) is 5.10 Å². The molecule has 0 aromatic carbocycles. The van der Waals surface area contributed by atoms with E-state index < -0.39 is 0 Å². The highest BCUT2D eigenvalue weighted by Gasteiger charge is 2.21. The van der Waals surface area contributed by atoms with Gasteiger partial charge in [0.2, 0.25) is 0 Å². The van der Waals surface area contributed by atoms with Gasteiger partial charge in [0.1, 0.15) is 0 Å². The van der Waals surface area contributed by atoms with E-state index >= 15 is 0 Å². The molecule has 1 aliphatic heterocycles. The van der Waals surface area contributed by atoms with Crippen molar-refractivity contribution >= 4 is 0 Å². The van der Waals surface area contributed by atoms with Crippen molar-refractivity contribution in [3.63, 3.8) is 0 Å². The van der Waals surface area contributed by atoms with Crippen LogP contribution in [0.3, 0.4) is 0 Å². The van der Waals surface area contributed by atoms with E-state index in [1.165, 1.54) is 25.0 Å². The number of piperidine rings is 1. The summed E-state index contributed by atoms with van der Waals surface area (Å²) >= 11 is 0. The van der Waals surface area contributed by atoms with Gasteiger partial charge in [0.25, 0.3) is 0 Å². The molecule has 1 aliphatic rings. The molecule has 0 bridgehead atoms. The van der Waals surface area contributed by atoms with Crippen LogP contribution in [0.25, 0.3) is 0 Å². The monoisotopic (exact) mass is 195 g/mol. The Morgan fingerprint density at radius 3 is 3.07 bits per heavy atom. The number of nitrogens with one attached hydrogen (secondary N) is 1. The molecule has 0 saturated carbocycles. The fraction of sp³-hybridized carbons (Fsp3) is 0.700. The Balaban J connectivity index is 2.23. The minimum Gasteiger partial charge on any atom is -0.493 e. The zero-order valence-electron chi connectivity index (χ0n) is 8.79. The Morgan fingerprint density at radius 2 is 2.43 bits per heavy atom. The molecule has 0 aliphatic carbocycles. The van der Waals surface area contributed by atoms with Crippen LogP contribution in [0.4, 0.5) is 0 Å². The van der Waals surface area contributed by atoms with E-state index in [-0.39, 0.29) is 0 Å². The van der Waals surface area contributed by atoms with Gasteiger partial charge in [0, 0.05) is 7.05 Å². The van der Waals surface area contributed by atoms with Crippen LogP contribution < -0.4 is 10.1 Å². The number of rotatable bonds is 2. The minimum absolute atomic E-state index is 0.409. The van der Waals surface area contributed by atoms with Crippen molar-refractivity contribution in [3.8, 4) is 5.75 Å². The van der Waals surface area contributed by atoms with Crippen molar-refractivity contribution in [2.45, 2.75) is 25.3 Å². The predicted molar refractivity (Wildman–Crippen MR) is 54.4 cm³/mol. The molecule has 0 radical (unpaired) electrons. The molecular formula is C10H17N3O. The lowest BCUT2D eigenvalue weighted by Crippen LogP contribution is -2.28. The quantitative estimate of drug-likeness (QED) is 0.771. The summed E-state index contributed by atoms with van der Waals surface area (Å²) in [5, 5.41) is 7.71. The van der Waals surface area contributed by atoms with Gasteiger partial charge in [0.05, 0.1) is 25.0 Å². The maximum absolute atomic E-state index is 5.30. The third-order valence-corrected chi connectivity index (χ3v) is 2.81. The molecule has 1 fully saturated rings. The molecule has 1 unspecified atom stereocenters. The SMILES string of the molecule is COc1cnn(C)c1C1CCCCN1. The summed E-state index contributed by atoms with van der Waals surface area (Å²) in [4.78, 5) is 0. The second-order valence-electron chi connectivity index (χ2n) is 3.72. The van der Waals surface area contributed by atoms with E-state index in [9.17, 15) is 0 Å². The van der Waals surface area contributed by atoms with E-state index in [4.69, 9.17) is 4.74 Å². The van der Waals surface area contributed by atoms with Crippen molar-refractivity contribution < 1.29 is 4.74 Å². The van der Waals surface area contributed by atoms with Gasteiger partial charge >= 0.3 is 0 Å². The van der Waals surface area contributed by atoms with E-state index in [1.54, 1.807) is 13.3 Å². The number of aryl methyl sites for hydroxylation is 1. The summed E-state index contributed by atoms with van der Waals surface area (Å²) in [6.07, 6.45) is 5.52. The average molecular weight is 195 g/mol. The molecule has 2 heterocycles. The predicted octanol–water partition coefficient (Wildman–Crippen LogP) is 1.24. The molecule has 2 rings (SSSR count). The van der Waals surface area contributed by atoms with Crippen LogP contribution in [0.5, 0.6) is 5.75 Å². The summed E-state index contributed by atoms with van der Waals surface area (Å²) in [6.45, 7) is 1.10. The van der Waals surface area contributed by atoms with Gasteiger partial charge in [-0.1, -0.05) is 6.42 Å². The molecule has 1 atom stereocenters. The zero-order chi connectivity index (χ0) is 9.97. The molecule has 0 amide bonds. The van der Waals surface area contributed by atoms with E-state index in [0.717, 1.165) is 12.3 Å². The number of aromatic nitrogens is 2. The van der Waals surface area contributed by atoms with E-state index in [1.807, 2.05) is 11.7 Å². The second-order valence-corrected chi connectivity index (χ2v) is 3.72. The molecular weight excluding hydrogens is 178 g/mol. The maximum atomic E-state index is 5.30. The van der Waals surface area contributed by atoms with Crippen molar-refractivity contribution in [1.29, 1.82) is 0 Å². The number of hydrogen-bond donors (Lipinski definition) is 1. The van der Waals surface area contributed by atoms with E-state index in [2.05, 4.69) is 10.4 Å². The number of ether oxygens (including phenoxy) is 1. The first-order valence-corrected chi connectivity index (χ1v) is 5.12. The molecule has 1 aromatic heterocycles. The van der Waals surface area contributed by atoms with Crippen LogP contribution in [0.1, 0.15) is 31.0 Å². The number of methoxy groups -OCH3 is 1. The van der Waals surface area contributed by atoms with Crippen molar-refractivity contribution in [2.24, 2.45) is 7.05 Å². The molecule has 14 heavy (non-hydrogen) atoms. The summed E-state index contributed by atoms with van der Waals surface area (Å²) in [5.74, 6) is 0.895. The Kier molecular flexibility index (Phi) is 2.72. The van der Waals surface area contributed by atoms with Crippen LogP contribution in [-0.2, 0) is 7.05 Å². The molecule has 1 N–H and O–H groups in total. The zero-order valence-corrected chi connectivity index (χ0v) is 8.79.